The van der Waals surface area contributed by atoms with Crippen LogP contribution in [0.25, 0.3) is 0 Å². The summed E-state index contributed by atoms with van der Waals surface area (Å²) in [7, 11) is 2.80. The van der Waals surface area contributed by atoms with E-state index in [2.05, 4.69) is 10.5 Å². The zero-order chi connectivity index (χ0) is 17.5. The van der Waals surface area contributed by atoms with Crippen LogP contribution in [0.1, 0.15) is 11.1 Å². The highest BCUT2D eigenvalue weighted by molar-refractivity contribution is 6.45. The van der Waals surface area contributed by atoms with Crippen LogP contribution in [0.2, 0.25) is 0 Å². The second kappa shape index (κ2) is 8.05. The topological polar surface area (TPSA) is 59.9 Å². The molecule has 0 radical (unpaired) electrons. The van der Waals surface area contributed by atoms with Gasteiger partial charge in [-0.3, -0.25) is 4.79 Å². The van der Waals surface area contributed by atoms with E-state index in [4.69, 9.17) is 9.57 Å². The second-order valence-electron chi connectivity index (χ2n) is 4.72. The smallest absolute Gasteiger partial charge is 0.273 e. The van der Waals surface area contributed by atoms with Gasteiger partial charge in [-0.15, -0.1) is 0 Å². The van der Waals surface area contributed by atoms with Gasteiger partial charge in [0.25, 0.3) is 5.91 Å². The van der Waals surface area contributed by atoms with Gasteiger partial charge in [-0.25, -0.2) is 8.78 Å². The Balaban J connectivity index is 2.28. The summed E-state index contributed by atoms with van der Waals surface area (Å²) in [4.78, 5) is 16.7. The number of rotatable bonds is 6. The van der Waals surface area contributed by atoms with Gasteiger partial charge >= 0.3 is 0 Å². The van der Waals surface area contributed by atoms with Crippen LogP contribution in [0.3, 0.4) is 0 Å². The van der Waals surface area contributed by atoms with E-state index in [9.17, 15) is 13.6 Å². The molecule has 0 atom stereocenters. The quantitative estimate of drug-likeness (QED) is 0.653. The third-order valence-electron chi connectivity index (χ3n) is 3.17. The van der Waals surface area contributed by atoms with E-state index in [1.54, 1.807) is 24.3 Å². The van der Waals surface area contributed by atoms with Crippen molar-refractivity contribution in [1.82, 2.24) is 5.32 Å². The molecule has 1 N–H and O–H groups in total. The number of oxime groups is 1. The van der Waals surface area contributed by atoms with Crippen molar-refractivity contribution in [3.63, 3.8) is 0 Å². The highest BCUT2D eigenvalue weighted by Gasteiger charge is 2.17. The van der Waals surface area contributed by atoms with Crippen LogP contribution in [-0.4, -0.2) is 25.8 Å². The molecular weight excluding hydrogens is 318 g/mol. The molecule has 2 aromatic carbocycles. The fraction of sp³-hybridized carbons (Fsp3) is 0.176. The van der Waals surface area contributed by atoms with Crippen LogP contribution in [0.15, 0.2) is 47.6 Å². The molecular formula is C17H16F2N2O3. The van der Waals surface area contributed by atoms with Crippen LogP contribution in [0, 0.1) is 11.6 Å². The summed E-state index contributed by atoms with van der Waals surface area (Å²) in [5.74, 6) is -2.01. The number of carbonyl (C=O) groups is 1. The van der Waals surface area contributed by atoms with Gasteiger partial charge in [0.1, 0.15) is 19.5 Å². The molecule has 0 heterocycles. The third-order valence-corrected chi connectivity index (χ3v) is 3.17. The summed E-state index contributed by atoms with van der Waals surface area (Å²) in [6.07, 6.45) is 0. The summed E-state index contributed by atoms with van der Waals surface area (Å²) >= 11 is 0. The van der Waals surface area contributed by atoms with Crippen LogP contribution >= 0.6 is 0 Å². The number of carbonyl (C=O) groups excluding carboxylic acids is 1. The molecule has 2 rings (SSSR count). The van der Waals surface area contributed by atoms with Gasteiger partial charge in [0.05, 0.1) is 0 Å². The molecule has 24 heavy (non-hydrogen) atoms. The Labute approximate surface area is 137 Å². The Bertz CT molecular complexity index is 763. The lowest BCUT2D eigenvalue weighted by molar-refractivity contribution is -0.114. The lowest BCUT2D eigenvalue weighted by Gasteiger charge is -2.12. The molecule has 0 aliphatic heterocycles. The van der Waals surface area contributed by atoms with Gasteiger partial charge in [-0.05, 0) is 17.7 Å². The van der Waals surface area contributed by atoms with Crippen molar-refractivity contribution >= 4 is 11.6 Å². The van der Waals surface area contributed by atoms with E-state index >= 15 is 0 Å². The number of nitrogens with zero attached hydrogens (tertiary/aromatic N) is 1. The Morgan fingerprint density at radius 2 is 1.96 bits per heavy atom. The number of nitrogens with one attached hydrogen (secondary N) is 1. The molecule has 0 aliphatic rings. The molecule has 5 nitrogen and oxygen atoms in total. The number of halogens is 2. The molecule has 0 aromatic heterocycles. The number of likely N-dealkylation sites (N-methyl/N-ethyl adjacent to an activating group) is 1. The molecule has 7 heteroatoms. The van der Waals surface area contributed by atoms with Crippen molar-refractivity contribution in [3.8, 4) is 5.75 Å². The van der Waals surface area contributed by atoms with Crippen LogP contribution in [-0.2, 0) is 16.2 Å². The van der Waals surface area contributed by atoms with Crippen molar-refractivity contribution < 1.29 is 23.1 Å². The first kappa shape index (κ1) is 17.4. The Hall–Kier alpha value is -2.96. The van der Waals surface area contributed by atoms with E-state index in [0.29, 0.717) is 11.1 Å². The van der Waals surface area contributed by atoms with E-state index in [1.807, 2.05) is 0 Å². The molecule has 0 saturated heterocycles. The highest BCUT2D eigenvalue weighted by Crippen LogP contribution is 2.20. The van der Waals surface area contributed by atoms with Gasteiger partial charge in [0.15, 0.2) is 17.3 Å². The Kier molecular flexibility index (Phi) is 5.83. The van der Waals surface area contributed by atoms with Crippen molar-refractivity contribution in [2.45, 2.75) is 6.61 Å². The molecule has 0 aliphatic carbocycles. The van der Waals surface area contributed by atoms with Crippen molar-refractivity contribution in [3.05, 3.63) is 65.2 Å². The fourth-order valence-corrected chi connectivity index (χ4v) is 2.05. The van der Waals surface area contributed by atoms with Crippen molar-refractivity contribution in [2.24, 2.45) is 5.16 Å². The van der Waals surface area contributed by atoms with Gasteiger partial charge in [0, 0.05) is 18.7 Å². The minimum Gasteiger partial charge on any atom is -0.486 e. The van der Waals surface area contributed by atoms with Gasteiger partial charge < -0.3 is 14.9 Å². The van der Waals surface area contributed by atoms with Crippen molar-refractivity contribution in [2.75, 3.05) is 14.2 Å². The second-order valence-corrected chi connectivity index (χ2v) is 4.72. The van der Waals surface area contributed by atoms with E-state index in [-0.39, 0.29) is 18.1 Å². The third kappa shape index (κ3) is 4.07. The van der Waals surface area contributed by atoms with E-state index in [1.165, 1.54) is 20.2 Å². The summed E-state index contributed by atoms with van der Waals surface area (Å²) in [6, 6.07) is 9.91. The van der Waals surface area contributed by atoms with Crippen molar-refractivity contribution in [1.29, 1.82) is 0 Å². The molecule has 0 fully saturated rings. The lowest BCUT2D eigenvalue weighted by atomic mass is 10.0. The van der Waals surface area contributed by atoms with Gasteiger partial charge in [-0.1, -0.05) is 29.4 Å². The molecule has 0 bridgehead atoms. The summed E-state index contributed by atoms with van der Waals surface area (Å²) in [5.41, 5.74) is 1.15. The average molecular weight is 334 g/mol. The maximum absolute atomic E-state index is 13.6. The number of hydrogen-bond acceptors (Lipinski definition) is 4. The molecule has 126 valence electrons. The minimum absolute atomic E-state index is 0.0293. The molecule has 2 aromatic rings. The number of ether oxygens (including phenoxy) is 1. The molecule has 0 saturated carbocycles. The highest BCUT2D eigenvalue weighted by atomic mass is 19.1. The Morgan fingerprint density at radius 3 is 2.62 bits per heavy atom. The van der Waals surface area contributed by atoms with E-state index in [0.717, 1.165) is 12.1 Å². The zero-order valence-corrected chi connectivity index (χ0v) is 13.2. The largest absolute Gasteiger partial charge is 0.486 e. The van der Waals surface area contributed by atoms with Crippen LogP contribution in [0.5, 0.6) is 5.75 Å². The normalized spacial score (nSPS) is 11.1. The number of hydrogen-bond donors (Lipinski definition) is 1. The van der Waals surface area contributed by atoms with Crippen LogP contribution in [0.4, 0.5) is 8.78 Å². The van der Waals surface area contributed by atoms with Gasteiger partial charge in [0.2, 0.25) is 0 Å². The Morgan fingerprint density at radius 1 is 1.21 bits per heavy atom. The first-order valence-corrected chi connectivity index (χ1v) is 7.06. The van der Waals surface area contributed by atoms with Gasteiger partial charge in [-0.2, -0.15) is 0 Å². The predicted octanol–water partition coefficient (Wildman–Crippen LogP) is 2.64. The summed E-state index contributed by atoms with van der Waals surface area (Å²) < 4.78 is 32.0. The maximum Gasteiger partial charge on any atom is 0.273 e. The zero-order valence-electron chi connectivity index (χ0n) is 13.2. The van der Waals surface area contributed by atoms with E-state index < -0.39 is 17.5 Å². The first-order valence-electron chi connectivity index (χ1n) is 7.06. The molecule has 0 spiro atoms. The number of amides is 1. The average Bonchev–Trinajstić information content (AvgIpc) is 2.59. The maximum atomic E-state index is 13.6. The summed E-state index contributed by atoms with van der Waals surface area (Å²) in [5, 5.41) is 6.21. The fourth-order valence-electron chi connectivity index (χ4n) is 2.05. The molecule has 1 amide bonds. The molecule has 0 unspecified atom stereocenters. The van der Waals surface area contributed by atoms with Crippen LogP contribution < -0.4 is 10.1 Å². The first-order chi connectivity index (χ1) is 11.6. The summed E-state index contributed by atoms with van der Waals surface area (Å²) in [6.45, 7) is -0.0293. The monoisotopic (exact) mass is 334 g/mol. The standard InChI is InChI=1S/C17H16F2N2O3/c1-20-17(22)16(21-23-2)13-6-4-3-5-11(13)10-24-15-8-7-12(18)9-14(15)19/h3-9H,10H2,1-2H3,(H,20,22)/b21-16+. The minimum atomic E-state index is -0.801. The predicted molar refractivity (Wildman–Crippen MR) is 84.7 cm³/mol. The SMILES string of the molecule is CNC(=O)/C(=N/OC)c1ccccc1COc1ccc(F)cc1F. The number of benzene rings is 2. The lowest BCUT2D eigenvalue weighted by Crippen LogP contribution is -2.29.